The molecule has 18 heavy (non-hydrogen) atoms. The van der Waals surface area contributed by atoms with Crippen molar-refractivity contribution in [3.63, 3.8) is 0 Å². The Labute approximate surface area is 108 Å². The van der Waals surface area contributed by atoms with E-state index in [0.717, 1.165) is 24.0 Å². The quantitative estimate of drug-likeness (QED) is 0.643. The van der Waals surface area contributed by atoms with Crippen molar-refractivity contribution in [1.29, 1.82) is 0 Å². The van der Waals surface area contributed by atoms with E-state index in [1.54, 1.807) is 0 Å². The Morgan fingerprint density at radius 2 is 1.94 bits per heavy atom. The van der Waals surface area contributed by atoms with Crippen molar-refractivity contribution in [2.45, 2.75) is 39.7 Å². The van der Waals surface area contributed by atoms with E-state index in [2.05, 4.69) is 5.32 Å². The molecule has 0 spiro atoms. The van der Waals surface area contributed by atoms with Gasteiger partial charge in [0.2, 0.25) is 0 Å². The van der Waals surface area contributed by atoms with Crippen LogP contribution in [0.2, 0.25) is 0 Å². The van der Waals surface area contributed by atoms with Crippen LogP contribution < -0.4 is 10.1 Å². The van der Waals surface area contributed by atoms with Crippen LogP contribution in [0.15, 0.2) is 24.4 Å². The monoisotopic (exact) mass is 245 g/mol. The van der Waals surface area contributed by atoms with E-state index in [9.17, 15) is 4.79 Å². The number of esters is 1. The van der Waals surface area contributed by atoms with Gasteiger partial charge in [0.25, 0.3) is 0 Å². The van der Waals surface area contributed by atoms with Crippen LogP contribution in [0.3, 0.4) is 0 Å². The summed E-state index contributed by atoms with van der Waals surface area (Å²) in [5.74, 6) is 0.497. The molecule has 1 atom stereocenters. The fraction of sp³-hybridized carbons (Fsp3) is 0.400. The van der Waals surface area contributed by atoms with E-state index in [1.165, 1.54) is 5.56 Å². The third kappa shape index (κ3) is 2.73. The van der Waals surface area contributed by atoms with Gasteiger partial charge in [-0.3, -0.25) is 0 Å². The van der Waals surface area contributed by atoms with E-state index in [4.69, 9.17) is 4.74 Å². The highest BCUT2D eigenvalue weighted by Gasteiger charge is 2.21. The number of hydrogen-bond donors (Lipinski definition) is 1. The van der Waals surface area contributed by atoms with Crippen molar-refractivity contribution in [2.75, 3.05) is 0 Å². The molecule has 1 aromatic rings. The van der Waals surface area contributed by atoms with Gasteiger partial charge in [-0.1, -0.05) is 23.8 Å². The number of ether oxygens (including phenoxy) is 1. The molecule has 0 saturated carbocycles. The standard InChI is InChI=1S/C15H19NO2/c1-10-8-11(2)14(12(3)9-10)18-15(17)13-6-4-5-7-16-13/h5,7-9,13,16H,4,6H2,1-3H3. The molecule has 0 saturated heterocycles. The van der Waals surface area contributed by atoms with Gasteiger partial charge >= 0.3 is 5.97 Å². The highest BCUT2D eigenvalue weighted by Crippen LogP contribution is 2.25. The van der Waals surface area contributed by atoms with Gasteiger partial charge in [0.05, 0.1) is 0 Å². The highest BCUT2D eigenvalue weighted by atomic mass is 16.5. The van der Waals surface area contributed by atoms with E-state index >= 15 is 0 Å². The average Bonchev–Trinajstić information content (AvgIpc) is 2.34. The van der Waals surface area contributed by atoms with Gasteiger partial charge in [0.1, 0.15) is 11.8 Å². The number of carbonyl (C=O) groups is 1. The summed E-state index contributed by atoms with van der Waals surface area (Å²) < 4.78 is 5.54. The van der Waals surface area contributed by atoms with Crippen molar-refractivity contribution in [2.24, 2.45) is 0 Å². The number of rotatable bonds is 2. The lowest BCUT2D eigenvalue weighted by atomic mass is 10.1. The van der Waals surface area contributed by atoms with Crippen LogP contribution in [-0.4, -0.2) is 12.0 Å². The number of aryl methyl sites for hydroxylation is 3. The Morgan fingerprint density at radius 3 is 2.50 bits per heavy atom. The lowest BCUT2D eigenvalue weighted by Gasteiger charge is -2.20. The molecular formula is C15H19NO2. The molecular weight excluding hydrogens is 226 g/mol. The van der Waals surface area contributed by atoms with Crippen molar-refractivity contribution >= 4 is 5.97 Å². The minimum Gasteiger partial charge on any atom is -0.424 e. The third-order valence-corrected chi connectivity index (χ3v) is 3.13. The summed E-state index contributed by atoms with van der Waals surface area (Å²) in [5.41, 5.74) is 3.20. The maximum Gasteiger partial charge on any atom is 0.333 e. The first kappa shape index (κ1) is 12.7. The Balaban J connectivity index is 2.14. The van der Waals surface area contributed by atoms with Gasteiger partial charge < -0.3 is 10.1 Å². The highest BCUT2D eigenvalue weighted by molar-refractivity contribution is 5.79. The SMILES string of the molecule is Cc1cc(C)c(OC(=O)C2CCC=CN2)c(C)c1. The van der Waals surface area contributed by atoms with Crippen molar-refractivity contribution in [3.8, 4) is 5.75 Å². The van der Waals surface area contributed by atoms with E-state index in [1.807, 2.05) is 45.2 Å². The molecule has 1 aromatic carbocycles. The number of allylic oxidation sites excluding steroid dienone is 1. The molecule has 2 rings (SSSR count). The van der Waals surface area contributed by atoms with Crippen molar-refractivity contribution < 1.29 is 9.53 Å². The molecule has 0 radical (unpaired) electrons. The maximum absolute atomic E-state index is 12.0. The summed E-state index contributed by atoms with van der Waals surface area (Å²) in [6, 6.07) is 3.84. The lowest BCUT2D eigenvalue weighted by Crippen LogP contribution is -2.38. The summed E-state index contributed by atoms with van der Waals surface area (Å²) in [7, 11) is 0. The van der Waals surface area contributed by atoms with Gasteiger partial charge in [0, 0.05) is 0 Å². The smallest absolute Gasteiger partial charge is 0.333 e. The first-order valence-electron chi connectivity index (χ1n) is 6.28. The molecule has 0 bridgehead atoms. The van der Waals surface area contributed by atoms with Crippen LogP contribution in [0, 0.1) is 20.8 Å². The van der Waals surface area contributed by atoms with Gasteiger partial charge in [-0.25, -0.2) is 4.79 Å². The second kappa shape index (κ2) is 5.25. The maximum atomic E-state index is 12.0. The summed E-state index contributed by atoms with van der Waals surface area (Å²) >= 11 is 0. The van der Waals surface area contributed by atoms with Crippen LogP contribution in [0.1, 0.15) is 29.5 Å². The molecule has 0 aliphatic carbocycles. The Hall–Kier alpha value is -1.77. The average molecular weight is 245 g/mol. The van der Waals surface area contributed by atoms with Crippen LogP contribution in [0.25, 0.3) is 0 Å². The second-order valence-electron chi connectivity index (χ2n) is 4.85. The van der Waals surface area contributed by atoms with Gasteiger partial charge in [-0.05, 0) is 50.9 Å². The molecule has 1 N–H and O–H groups in total. The predicted molar refractivity (Wildman–Crippen MR) is 71.6 cm³/mol. The minimum atomic E-state index is -0.227. The molecule has 0 amide bonds. The van der Waals surface area contributed by atoms with Crippen molar-refractivity contribution in [1.82, 2.24) is 5.32 Å². The van der Waals surface area contributed by atoms with Crippen LogP contribution in [0.5, 0.6) is 5.75 Å². The van der Waals surface area contributed by atoms with E-state index in [-0.39, 0.29) is 12.0 Å². The summed E-state index contributed by atoms with van der Waals surface area (Å²) in [4.78, 5) is 12.0. The first-order valence-corrected chi connectivity index (χ1v) is 6.28. The minimum absolute atomic E-state index is 0.200. The van der Waals surface area contributed by atoms with E-state index < -0.39 is 0 Å². The molecule has 3 nitrogen and oxygen atoms in total. The molecule has 3 heteroatoms. The molecule has 1 aliphatic rings. The summed E-state index contributed by atoms with van der Waals surface area (Å²) in [6.45, 7) is 5.98. The Morgan fingerprint density at radius 1 is 1.28 bits per heavy atom. The number of hydrogen-bond acceptors (Lipinski definition) is 3. The lowest BCUT2D eigenvalue weighted by molar-refractivity contribution is -0.136. The van der Waals surface area contributed by atoms with Gasteiger partial charge in [0.15, 0.2) is 0 Å². The summed E-state index contributed by atoms with van der Waals surface area (Å²) in [5, 5.41) is 3.03. The zero-order valence-electron chi connectivity index (χ0n) is 11.1. The molecule has 1 heterocycles. The van der Waals surface area contributed by atoms with Gasteiger partial charge in [-0.2, -0.15) is 0 Å². The topological polar surface area (TPSA) is 38.3 Å². The fourth-order valence-corrected chi connectivity index (χ4v) is 2.30. The fourth-order valence-electron chi connectivity index (χ4n) is 2.30. The van der Waals surface area contributed by atoms with Crippen LogP contribution in [0.4, 0.5) is 0 Å². The molecule has 1 unspecified atom stereocenters. The number of benzene rings is 1. The van der Waals surface area contributed by atoms with Gasteiger partial charge in [-0.15, -0.1) is 0 Å². The van der Waals surface area contributed by atoms with Crippen LogP contribution >= 0.6 is 0 Å². The summed E-state index contributed by atoms with van der Waals surface area (Å²) in [6.07, 6.45) is 5.55. The normalized spacial score (nSPS) is 18.3. The Kier molecular flexibility index (Phi) is 3.70. The van der Waals surface area contributed by atoms with Crippen molar-refractivity contribution in [3.05, 3.63) is 41.1 Å². The molecule has 0 fully saturated rings. The zero-order valence-corrected chi connectivity index (χ0v) is 11.1. The molecule has 1 aliphatic heterocycles. The predicted octanol–water partition coefficient (Wildman–Crippen LogP) is 2.78. The van der Waals surface area contributed by atoms with Crippen LogP contribution in [-0.2, 0) is 4.79 Å². The number of carbonyl (C=O) groups excluding carboxylic acids is 1. The molecule has 0 aromatic heterocycles. The van der Waals surface area contributed by atoms with E-state index in [0.29, 0.717) is 5.75 Å². The molecule has 96 valence electrons. The zero-order chi connectivity index (χ0) is 13.1. The Bertz CT molecular complexity index is 468. The first-order chi connectivity index (χ1) is 8.58. The second-order valence-corrected chi connectivity index (χ2v) is 4.85. The number of nitrogens with one attached hydrogen (secondary N) is 1. The largest absolute Gasteiger partial charge is 0.424 e. The third-order valence-electron chi connectivity index (χ3n) is 3.13.